The second-order valence-electron chi connectivity index (χ2n) is 3.36. The Labute approximate surface area is 124 Å². The van der Waals surface area contributed by atoms with Crippen molar-refractivity contribution in [1.82, 2.24) is 0 Å². The highest BCUT2D eigenvalue weighted by molar-refractivity contribution is 8.47. The number of carbonyl (C=O) groups is 1. The molecule has 0 saturated heterocycles. The van der Waals surface area contributed by atoms with Gasteiger partial charge in [-0.15, -0.1) is 11.8 Å². The molecular formula is C9H14FNO2P2S3. The first-order valence-electron chi connectivity index (χ1n) is 5.01. The third-order valence-electron chi connectivity index (χ3n) is 1.80. The number of rotatable bonds is 6. The van der Waals surface area contributed by atoms with Crippen molar-refractivity contribution in [1.29, 1.82) is 5.26 Å². The van der Waals surface area contributed by atoms with Crippen LogP contribution >= 0.6 is 52.8 Å². The van der Waals surface area contributed by atoms with Crippen molar-refractivity contribution in [2.24, 2.45) is 0 Å². The van der Waals surface area contributed by atoms with E-state index in [1.807, 2.05) is 6.92 Å². The molecule has 0 aromatic rings. The molecule has 0 aliphatic carbocycles. The highest BCUT2D eigenvalue weighted by Crippen LogP contribution is 2.47. The van der Waals surface area contributed by atoms with Gasteiger partial charge in [0, 0.05) is 6.42 Å². The van der Waals surface area contributed by atoms with Gasteiger partial charge in [0.15, 0.2) is 0 Å². The Morgan fingerprint density at radius 2 is 2.33 bits per heavy atom. The fraction of sp³-hybridized carbons (Fsp3) is 0.667. The second-order valence-corrected chi connectivity index (χ2v) is 9.28. The molecule has 0 aromatic carbocycles. The van der Waals surface area contributed by atoms with Crippen LogP contribution in [0.4, 0.5) is 4.20 Å². The SMILES string of the molecule is CCSC(=S)SC(C)(C#N)CCC(=O)OP(F)P. The second kappa shape index (κ2) is 9.44. The highest BCUT2D eigenvalue weighted by atomic mass is 32.2. The van der Waals surface area contributed by atoms with E-state index in [9.17, 15) is 8.99 Å². The molecule has 0 aliphatic rings. The van der Waals surface area contributed by atoms with E-state index in [2.05, 4.69) is 10.6 Å². The molecule has 0 N–H and O–H groups in total. The molecule has 0 fully saturated rings. The van der Waals surface area contributed by atoms with Gasteiger partial charge in [0.25, 0.3) is 8.15 Å². The normalized spacial score (nSPS) is 15.3. The summed E-state index contributed by atoms with van der Waals surface area (Å²) >= 11 is 7.87. The lowest BCUT2D eigenvalue weighted by Crippen LogP contribution is -2.20. The summed E-state index contributed by atoms with van der Waals surface area (Å²) in [7, 11) is -0.470. The maximum absolute atomic E-state index is 12.5. The van der Waals surface area contributed by atoms with E-state index >= 15 is 0 Å². The predicted molar refractivity (Wildman–Crippen MR) is 85.4 cm³/mol. The van der Waals surface area contributed by atoms with Crippen molar-refractivity contribution in [3.8, 4) is 6.07 Å². The number of halogens is 1. The zero-order valence-corrected chi connectivity index (χ0v) is 14.5. The predicted octanol–water partition coefficient (Wildman–Crippen LogP) is 4.43. The Morgan fingerprint density at radius 1 is 1.72 bits per heavy atom. The molecule has 0 saturated carbocycles. The van der Waals surface area contributed by atoms with Crippen molar-refractivity contribution in [3.05, 3.63) is 0 Å². The van der Waals surface area contributed by atoms with Gasteiger partial charge in [0.2, 0.25) is 0 Å². The number of hydrogen-bond acceptors (Lipinski definition) is 6. The molecule has 0 rings (SSSR count). The molecule has 3 atom stereocenters. The van der Waals surface area contributed by atoms with E-state index in [0.717, 1.165) is 5.75 Å². The first kappa shape index (κ1) is 18.5. The van der Waals surface area contributed by atoms with Crippen LogP contribution in [0.2, 0.25) is 0 Å². The third kappa shape index (κ3) is 8.61. The number of hydrogen-bond donors (Lipinski definition) is 0. The molecule has 3 unspecified atom stereocenters. The van der Waals surface area contributed by atoms with E-state index in [1.165, 1.54) is 23.5 Å². The molecule has 18 heavy (non-hydrogen) atoms. The minimum atomic E-state index is -2.27. The molecule has 0 spiro atoms. The van der Waals surface area contributed by atoms with Crippen molar-refractivity contribution in [2.45, 2.75) is 31.4 Å². The first-order valence-corrected chi connectivity index (χ1v) is 9.99. The number of nitrogens with zero attached hydrogens (tertiary/aromatic N) is 1. The van der Waals surface area contributed by atoms with Crippen LogP contribution in [-0.4, -0.2) is 20.0 Å². The van der Waals surface area contributed by atoms with Gasteiger partial charge in [0.1, 0.15) is 8.28 Å². The maximum atomic E-state index is 12.5. The van der Waals surface area contributed by atoms with E-state index in [0.29, 0.717) is 3.53 Å². The summed E-state index contributed by atoms with van der Waals surface area (Å²) in [6, 6.07) is 2.14. The zero-order chi connectivity index (χ0) is 14.2. The van der Waals surface area contributed by atoms with Crippen LogP contribution in [0.1, 0.15) is 26.7 Å². The van der Waals surface area contributed by atoms with Crippen LogP contribution in [0.25, 0.3) is 0 Å². The summed E-state index contributed by atoms with van der Waals surface area (Å²) in [5.41, 5.74) is 0. The Hall–Kier alpha value is 0.540. The summed E-state index contributed by atoms with van der Waals surface area (Å²) in [4.78, 5) is 11.2. The first-order chi connectivity index (χ1) is 8.33. The van der Waals surface area contributed by atoms with E-state index in [-0.39, 0.29) is 12.8 Å². The smallest absolute Gasteiger partial charge is 0.310 e. The van der Waals surface area contributed by atoms with Crippen LogP contribution in [0.5, 0.6) is 0 Å². The molecule has 0 heterocycles. The summed E-state index contributed by atoms with van der Waals surface area (Å²) < 4.78 is 16.8. The number of nitriles is 1. The Kier molecular flexibility index (Phi) is 9.73. The molecule has 0 radical (unpaired) electrons. The van der Waals surface area contributed by atoms with Crippen molar-refractivity contribution in [3.63, 3.8) is 0 Å². The summed E-state index contributed by atoms with van der Waals surface area (Å²) in [5, 5.41) is 9.13. The van der Waals surface area contributed by atoms with Gasteiger partial charge in [-0.2, -0.15) is 9.46 Å². The van der Waals surface area contributed by atoms with Gasteiger partial charge in [-0.25, -0.2) is 0 Å². The highest BCUT2D eigenvalue weighted by Gasteiger charge is 2.28. The minimum absolute atomic E-state index is 0.00756. The molecule has 102 valence electrons. The zero-order valence-electron chi connectivity index (χ0n) is 10.0. The summed E-state index contributed by atoms with van der Waals surface area (Å²) in [6.45, 7) is 3.69. The average Bonchev–Trinajstić information content (AvgIpc) is 2.26. The van der Waals surface area contributed by atoms with Crippen LogP contribution in [-0.2, 0) is 9.32 Å². The van der Waals surface area contributed by atoms with Gasteiger partial charge >= 0.3 is 5.97 Å². The lowest BCUT2D eigenvalue weighted by atomic mass is 10.1. The number of thioether (sulfide) groups is 2. The van der Waals surface area contributed by atoms with Gasteiger partial charge in [-0.3, -0.25) is 4.79 Å². The molecule has 9 heteroatoms. The minimum Gasteiger partial charge on any atom is -0.410 e. The van der Waals surface area contributed by atoms with Crippen molar-refractivity contribution in [2.75, 3.05) is 5.75 Å². The molecule has 0 aliphatic heterocycles. The molecule has 0 aromatic heterocycles. The quantitative estimate of drug-likeness (QED) is 0.524. The third-order valence-corrected chi connectivity index (χ3v) is 5.14. The topological polar surface area (TPSA) is 50.1 Å². The van der Waals surface area contributed by atoms with Crippen LogP contribution in [0.15, 0.2) is 0 Å². The average molecular weight is 345 g/mol. The van der Waals surface area contributed by atoms with E-state index < -0.39 is 18.9 Å². The van der Waals surface area contributed by atoms with Crippen molar-refractivity contribution < 1.29 is 13.5 Å². The van der Waals surface area contributed by atoms with Crippen LogP contribution in [0, 0.1) is 11.3 Å². The van der Waals surface area contributed by atoms with Gasteiger partial charge in [0.05, 0.1) is 6.07 Å². The standard InChI is InChI=1S/C9H14FNO2P2S3/c1-3-17-8(16)18-9(2,6-11)5-4-7(12)13-15(10)14/h3-5,14H2,1-2H3. The lowest BCUT2D eigenvalue weighted by Gasteiger charge is -2.20. The Morgan fingerprint density at radius 3 is 2.78 bits per heavy atom. The monoisotopic (exact) mass is 345 g/mol. The number of carbonyl (C=O) groups excluding carboxylic acids is 1. The molecule has 0 bridgehead atoms. The van der Waals surface area contributed by atoms with E-state index in [1.54, 1.807) is 15.9 Å². The maximum Gasteiger partial charge on any atom is 0.310 e. The fourth-order valence-electron chi connectivity index (χ4n) is 0.944. The summed E-state index contributed by atoms with van der Waals surface area (Å²) in [5.74, 6) is 0.212. The summed E-state index contributed by atoms with van der Waals surface area (Å²) in [6.07, 6.45) is 0.291. The number of thiocarbonyl (C=S) groups is 1. The largest absolute Gasteiger partial charge is 0.410 e. The lowest BCUT2D eigenvalue weighted by molar-refractivity contribution is -0.133. The van der Waals surface area contributed by atoms with Crippen LogP contribution < -0.4 is 0 Å². The van der Waals surface area contributed by atoms with Gasteiger partial charge in [-0.05, 0) is 28.0 Å². The Bertz CT molecular complexity index is 351. The molecular weight excluding hydrogens is 331 g/mol. The van der Waals surface area contributed by atoms with E-state index in [4.69, 9.17) is 17.5 Å². The van der Waals surface area contributed by atoms with Crippen LogP contribution in [0.3, 0.4) is 0 Å². The Balaban J connectivity index is 4.28. The molecule has 3 nitrogen and oxygen atoms in total. The fourth-order valence-corrected chi connectivity index (χ4v) is 4.48. The van der Waals surface area contributed by atoms with Gasteiger partial charge < -0.3 is 4.52 Å². The van der Waals surface area contributed by atoms with Crippen molar-refractivity contribution >= 4 is 62.3 Å². The van der Waals surface area contributed by atoms with Gasteiger partial charge in [-0.1, -0.05) is 30.9 Å². The molecule has 0 amide bonds.